The molecule has 0 amide bonds. The Morgan fingerprint density at radius 3 is 3.18 bits per heavy atom. The van der Waals surface area contributed by atoms with E-state index in [0.29, 0.717) is 13.2 Å². The average Bonchev–Trinajstić information content (AvgIpc) is 2.58. The maximum Gasteiger partial charge on any atom is 0.165 e. The summed E-state index contributed by atoms with van der Waals surface area (Å²) in [6.45, 7) is 2.17. The van der Waals surface area contributed by atoms with E-state index in [-0.39, 0.29) is 6.23 Å². The average molecular weight is 153 g/mol. The molecule has 1 saturated heterocycles. The third-order valence-electron chi connectivity index (χ3n) is 1.58. The van der Waals surface area contributed by atoms with Crippen molar-refractivity contribution >= 4 is 0 Å². The highest BCUT2D eigenvalue weighted by Gasteiger charge is 2.15. The van der Waals surface area contributed by atoms with Gasteiger partial charge in [0.2, 0.25) is 0 Å². The molecule has 1 aliphatic heterocycles. The molecule has 1 aromatic rings. The van der Waals surface area contributed by atoms with Crippen LogP contribution < -0.4 is 5.32 Å². The highest BCUT2D eigenvalue weighted by atomic mass is 16.5. The summed E-state index contributed by atoms with van der Waals surface area (Å²) in [5.74, 6) is 0. The smallest absolute Gasteiger partial charge is 0.165 e. The Labute approximate surface area is 64.4 Å². The lowest BCUT2D eigenvalue weighted by molar-refractivity contribution is -0.0287. The van der Waals surface area contributed by atoms with E-state index in [2.05, 4.69) is 15.4 Å². The fourth-order valence-electron chi connectivity index (χ4n) is 1.03. The molecule has 2 heterocycles. The van der Waals surface area contributed by atoms with E-state index < -0.39 is 0 Å². The fourth-order valence-corrected chi connectivity index (χ4v) is 1.03. The molecule has 0 aromatic carbocycles. The van der Waals surface area contributed by atoms with Crippen molar-refractivity contribution in [2.45, 2.75) is 6.23 Å². The zero-order valence-electron chi connectivity index (χ0n) is 6.05. The molecule has 1 atom stereocenters. The lowest BCUT2D eigenvalue weighted by Crippen LogP contribution is -2.32. The first-order valence-corrected chi connectivity index (χ1v) is 3.56. The van der Waals surface area contributed by atoms with Crippen LogP contribution in [0.4, 0.5) is 0 Å². The molecule has 1 aliphatic rings. The molecule has 1 unspecified atom stereocenters. The van der Waals surface area contributed by atoms with Crippen LogP contribution in [-0.2, 0) is 4.74 Å². The molecule has 1 radical (unpaired) electrons. The molecule has 1 fully saturated rings. The number of morpholine rings is 1. The second kappa shape index (κ2) is 2.98. The predicted octanol–water partition coefficient (Wildman–Crippen LogP) is -0.589. The third kappa shape index (κ3) is 1.38. The number of aromatic nitrogens is 3. The van der Waals surface area contributed by atoms with Crippen molar-refractivity contribution in [3.63, 3.8) is 0 Å². The Kier molecular flexibility index (Phi) is 1.83. The van der Waals surface area contributed by atoms with Gasteiger partial charge in [-0.05, 0) is 0 Å². The lowest BCUT2D eigenvalue weighted by Gasteiger charge is -2.21. The van der Waals surface area contributed by atoms with Crippen molar-refractivity contribution in [3.8, 4) is 0 Å². The zero-order chi connectivity index (χ0) is 7.52. The minimum Gasteiger partial charge on any atom is -0.354 e. The molecule has 59 valence electrons. The first-order valence-electron chi connectivity index (χ1n) is 3.56. The van der Waals surface area contributed by atoms with Crippen LogP contribution in [0.2, 0.25) is 0 Å². The molecule has 0 bridgehead atoms. The van der Waals surface area contributed by atoms with Gasteiger partial charge >= 0.3 is 0 Å². The van der Waals surface area contributed by atoms with Gasteiger partial charge in [-0.3, -0.25) is 0 Å². The van der Waals surface area contributed by atoms with Crippen LogP contribution >= 0.6 is 0 Å². The Morgan fingerprint density at radius 1 is 1.55 bits per heavy atom. The lowest BCUT2D eigenvalue weighted by atomic mass is 10.4. The molecule has 2 rings (SSSR count). The van der Waals surface area contributed by atoms with Crippen LogP contribution in [0, 0.1) is 0 Å². The minimum absolute atomic E-state index is 0.0359. The fraction of sp³-hybridized carbons (Fsp3) is 0.667. The van der Waals surface area contributed by atoms with Crippen molar-refractivity contribution in [3.05, 3.63) is 12.7 Å². The van der Waals surface area contributed by atoms with Gasteiger partial charge < -0.3 is 4.74 Å². The summed E-state index contributed by atoms with van der Waals surface area (Å²) in [5.41, 5.74) is 0. The van der Waals surface area contributed by atoms with Crippen LogP contribution in [0.5, 0.6) is 0 Å². The number of hydrogen-bond donors (Lipinski definition) is 0. The van der Waals surface area contributed by atoms with Gasteiger partial charge in [0.1, 0.15) is 12.7 Å². The van der Waals surface area contributed by atoms with Gasteiger partial charge in [-0.15, -0.1) is 0 Å². The van der Waals surface area contributed by atoms with E-state index in [1.54, 1.807) is 11.0 Å². The molecule has 5 nitrogen and oxygen atoms in total. The predicted molar refractivity (Wildman–Crippen MR) is 36.9 cm³/mol. The molecule has 1 aromatic heterocycles. The van der Waals surface area contributed by atoms with Gasteiger partial charge in [0.25, 0.3) is 0 Å². The van der Waals surface area contributed by atoms with E-state index in [0.717, 1.165) is 6.54 Å². The molecular weight excluding hydrogens is 144 g/mol. The number of rotatable bonds is 1. The largest absolute Gasteiger partial charge is 0.354 e. The first-order chi connectivity index (χ1) is 5.47. The van der Waals surface area contributed by atoms with Crippen LogP contribution in [0.1, 0.15) is 6.23 Å². The Hall–Kier alpha value is -0.940. The van der Waals surface area contributed by atoms with Crippen LogP contribution in [0.25, 0.3) is 0 Å². The molecule has 11 heavy (non-hydrogen) atoms. The monoisotopic (exact) mass is 153 g/mol. The number of hydrogen-bond acceptors (Lipinski definition) is 3. The van der Waals surface area contributed by atoms with E-state index in [9.17, 15) is 0 Å². The summed E-state index contributed by atoms with van der Waals surface area (Å²) in [5, 5.41) is 8.16. The highest BCUT2D eigenvalue weighted by Crippen LogP contribution is 2.07. The highest BCUT2D eigenvalue weighted by molar-refractivity contribution is 4.66. The molecular formula is C6H9N4O. The van der Waals surface area contributed by atoms with Gasteiger partial charge in [-0.25, -0.2) is 15.0 Å². The van der Waals surface area contributed by atoms with Crippen molar-refractivity contribution < 1.29 is 4.74 Å². The summed E-state index contributed by atoms with van der Waals surface area (Å²) in [6, 6.07) is 0. The SMILES string of the molecule is c1ncn(C2C[N]CCO2)n1. The van der Waals surface area contributed by atoms with Gasteiger partial charge in [0.05, 0.1) is 13.2 Å². The Morgan fingerprint density at radius 2 is 2.55 bits per heavy atom. The summed E-state index contributed by atoms with van der Waals surface area (Å²) in [6.07, 6.45) is 3.11. The zero-order valence-corrected chi connectivity index (χ0v) is 6.05. The van der Waals surface area contributed by atoms with Crippen molar-refractivity contribution in [2.75, 3.05) is 19.7 Å². The summed E-state index contributed by atoms with van der Waals surface area (Å²) >= 11 is 0. The molecule has 0 aliphatic carbocycles. The van der Waals surface area contributed by atoms with E-state index >= 15 is 0 Å². The van der Waals surface area contributed by atoms with Crippen molar-refractivity contribution in [1.82, 2.24) is 20.1 Å². The topological polar surface area (TPSA) is 54.0 Å². The molecule has 0 spiro atoms. The van der Waals surface area contributed by atoms with Gasteiger partial charge in [-0.1, -0.05) is 0 Å². The maximum atomic E-state index is 5.39. The normalized spacial score (nSPS) is 25.3. The van der Waals surface area contributed by atoms with E-state index in [1.165, 1.54) is 6.33 Å². The summed E-state index contributed by atoms with van der Waals surface area (Å²) < 4.78 is 7.07. The quantitative estimate of drug-likeness (QED) is 0.542. The second-order valence-electron chi connectivity index (χ2n) is 2.33. The number of ether oxygens (including phenoxy) is 1. The standard InChI is InChI=1S/C6H9N4O/c1-2-11-6(3-7-1)10-5-8-4-9-10/h4-6H,1-3H2. The maximum absolute atomic E-state index is 5.39. The minimum atomic E-state index is -0.0359. The molecule has 0 N–H and O–H groups in total. The molecule has 0 saturated carbocycles. The summed E-state index contributed by atoms with van der Waals surface area (Å²) in [4.78, 5) is 3.83. The van der Waals surface area contributed by atoms with E-state index in [4.69, 9.17) is 4.74 Å². The number of nitrogens with zero attached hydrogens (tertiary/aromatic N) is 4. The Bertz CT molecular complexity index is 204. The van der Waals surface area contributed by atoms with Crippen LogP contribution in [-0.4, -0.2) is 34.5 Å². The van der Waals surface area contributed by atoms with Crippen molar-refractivity contribution in [1.29, 1.82) is 0 Å². The third-order valence-corrected chi connectivity index (χ3v) is 1.58. The Balaban J connectivity index is 2.04. The molecule has 5 heteroatoms. The first kappa shape index (κ1) is 6.75. The van der Waals surface area contributed by atoms with Crippen molar-refractivity contribution in [2.24, 2.45) is 0 Å². The van der Waals surface area contributed by atoms with Gasteiger partial charge in [-0.2, -0.15) is 5.10 Å². The van der Waals surface area contributed by atoms with Crippen LogP contribution in [0.3, 0.4) is 0 Å². The summed E-state index contributed by atoms with van der Waals surface area (Å²) in [7, 11) is 0. The van der Waals surface area contributed by atoms with Gasteiger partial charge in [0, 0.05) is 6.54 Å². The van der Waals surface area contributed by atoms with E-state index in [1.807, 2.05) is 0 Å². The van der Waals surface area contributed by atoms with Gasteiger partial charge in [0.15, 0.2) is 6.23 Å². The van der Waals surface area contributed by atoms with Crippen LogP contribution in [0.15, 0.2) is 12.7 Å². The second-order valence-corrected chi connectivity index (χ2v) is 2.33.